The number of likely N-dealkylation sites (N-methyl/N-ethyl adjacent to an activating group) is 1. The Morgan fingerprint density at radius 3 is 2.56 bits per heavy atom. The third kappa shape index (κ3) is 2.72. The maximum atomic E-state index is 4.34. The number of para-hydroxylation sites is 1. The molecule has 0 amide bonds. The molecule has 2 atom stereocenters. The number of hydrogen-bond donors (Lipinski definition) is 2. The van der Waals surface area contributed by atoms with Crippen LogP contribution < -0.4 is 34.7 Å². The van der Waals surface area contributed by atoms with E-state index in [4.69, 9.17) is 0 Å². The summed E-state index contributed by atoms with van der Waals surface area (Å²) in [6.07, 6.45) is 1.10. The van der Waals surface area contributed by atoms with E-state index in [-0.39, 0.29) is 24.8 Å². The second-order valence-electron chi connectivity index (χ2n) is 4.47. The van der Waals surface area contributed by atoms with Crippen LogP contribution in [0.3, 0.4) is 0 Å². The molecular formula is C12H16Cl2N4. The first-order valence-electron chi connectivity index (χ1n) is 5.72. The van der Waals surface area contributed by atoms with Crippen LogP contribution in [-0.4, -0.2) is 20.1 Å². The first kappa shape index (κ1) is 15.1. The van der Waals surface area contributed by atoms with Gasteiger partial charge in [-0.1, -0.05) is 23.3 Å². The highest BCUT2D eigenvalue weighted by atomic mass is 35.5. The van der Waals surface area contributed by atoms with Crippen molar-refractivity contribution in [2.45, 2.75) is 6.42 Å². The van der Waals surface area contributed by atoms with Gasteiger partial charge in [0, 0.05) is 17.4 Å². The summed E-state index contributed by atoms with van der Waals surface area (Å²) < 4.78 is 0. The normalized spacial score (nSPS) is 25.2. The number of rotatable bonds is 1. The van der Waals surface area contributed by atoms with Crippen molar-refractivity contribution in [3.63, 3.8) is 0 Å². The van der Waals surface area contributed by atoms with Gasteiger partial charge in [0.2, 0.25) is 0 Å². The molecule has 2 aliphatic rings. The van der Waals surface area contributed by atoms with Crippen LogP contribution in [0.4, 0.5) is 5.69 Å². The van der Waals surface area contributed by atoms with Gasteiger partial charge < -0.3 is 29.7 Å². The smallest absolute Gasteiger partial charge is 0.181 e. The standard InChI is InChI=1S/C12H14N4.2ClH/c1-15-8-7-12-11(9-15)13-14-16(12)10-5-3-2-4-6-10;;/h2-6H,7-9H2,1H3;2*1H. The molecule has 2 heterocycles. The highest BCUT2D eigenvalue weighted by Crippen LogP contribution is 2.14. The van der Waals surface area contributed by atoms with E-state index >= 15 is 0 Å². The summed E-state index contributed by atoms with van der Waals surface area (Å²) in [5, 5.41) is 9.74. The summed E-state index contributed by atoms with van der Waals surface area (Å²) in [6, 6.07) is 10.3. The first-order chi connectivity index (χ1) is 7.84. The zero-order chi connectivity index (χ0) is 11.0. The van der Waals surface area contributed by atoms with Gasteiger partial charge in [0.05, 0.1) is 20.0 Å². The molecule has 0 spiro atoms. The number of nitrogens with one attached hydrogen (secondary N) is 2. The van der Waals surface area contributed by atoms with Crippen molar-refractivity contribution in [2.75, 3.05) is 20.1 Å². The highest BCUT2D eigenvalue weighted by molar-refractivity contribution is 5.30. The predicted molar refractivity (Wildman–Crippen MR) is 60.2 cm³/mol. The van der Waals surface area contributed by atoms with Gasteiger partial charge in [0.15, 0.2) is 17.1 Å². The molecule has 1 aromatic rings. The van der Waals surface area contributed by atoms with Crippen molar-refractivity contribution in [3.8, 4) is 0 Å². The molecular weight excluding hydrogens is 271 g/mol. The second-order valence-corrected chi connectivity index (χ2v) is 4.47. The first-order valence-corrected chi connectivity index (χ1v) is 5.72. The molecule has 1 aromatic carbocycles. The number of halogens is 2. The van der Waals surface area contributed by atoms with E-state index in [0.717, 1.165) is 18.0 Å². The average molecular weight is 287 g/mol. The van der Waals surface area contributed by atoms with E-state index < -0.39 is 0 Å². The SMILES string of the molecule is C[NH+]1CCC2=C(C1)N=N[NH+]2c1ccccc1.[Cl-].[Cl-]. The minimum Gasteiger partial charge on any atom is -1.00 e. The van der Waals surface area contributed by atoms with Gasteiger partial charge in [-0.05, 0) is 0 Å². The lowest BCUT2D eigenvalue weighted by atomic mass is 10.1. The molecule has 2 aliphatic heterocycles. The summed E-state index contributed by atoms with van der Waals surface area (Å²) >= 11 is 0. The molecule has 3 rings (SSSR count). The molecule has 2 unspecified atom stereocenters. The summed E-state index contributed by atoms with van der Waals surface area (Å²) in [5.74, 6) is 0. The maximum Gasteiger partial charge on any atom is 0.181 e. The van der Waals surface area contributed by atoms with Crippen molar-refractivity contribution in [3.05, 3.63) is 41.7 Å². The summed E-state index contributed by atoms with van der Waals surface area (Å²) in [6.45, 7) is 2.19. The largest absolute Gasteiger partial charge is 1.00 e. The van der Waals surface area contributed by atoms with Crippen LogP contribution in [0.25, 0.3) is 0 Å². The molecule has 0 saturated carbocycles. The minimum atomic E-state index is 0. The van der Waals surface area contributed by atoms with Crippen LogP contribution in [0.1, 0.15) is 6.42 Å². The Labute approximate surface area is 119 Å². The molecule has 98 valence electrons. The Morgan fingerprint density at radius 1 is 1.11 bits per heavy atom. The van der Waals surface area contributed by atoms with Crippen LogP contribution in [-0.2, 0) is 0 Å². The van der Waals surface area contributed by atoms with Crippen LogP contribution in [0, 0.1) is 0 Å². The number of quaternary nitrogens is 2. The van der Waals surface area contributed by atoms with Gasteiger partial charge in [0.25, 0.3) is 0 Å². The molecule has 0 fully saturated rings. The lowest BCUT2D eigenvalue weighted by Crippen LogP contribution is -3.11. The molecule has 2 N–H and O–H groups in total. The molecule has 0 radical (unpaired) electrons. The van der Waals surface area contributed by atoms with E-state index in [9.17, 15) is 0 Å². The topological polar surface area (TPSA) is 33.6 Å². The molecule has 0 aromatic heterocycles. The molecule has 4 nitrogen and oxygen atoms in total. The third-order valence-corrected chi connectivity index (χ3v) is 3.22. The van der Waals surface area contributed by atoms with Crippen LogP contribution >= 0.6 is 0 Å². The second kappa shape index (κ2) is 6.29. The van der Waals surface area contributed by atoms with Crippen molar-refractivity contribution < 1.29 is 34.7 Å². The van der Waals surface area contributed by atoms with Gasteiger partial charge in [-0.3, -0.25) is 0 Å². The van der Waals surface area contributed by atoms with E-state index in [0.29, 0.717) is 0 Å². The number of hydrogen-bond acceptors (Lipinski definition) is 2. The molecule has 6 heteroatoms. The Bertz CT molecular complexity index is 458. The van der Waals surface area contributed by atoms with Crippen molar-refractivity contribution in [2.24, 2.45) is 10.3 Å². The fraction of sp³-hybridized carbons (Fsp3) is 0.333. The molecule has 0 aliphatic carbocycles. The van der Waals surface area contributed by atoms with Gasteiger partial charge in [-0.25, -0.2) is 0 Å². The number of nitrogens with zero attached hydrogens (tertiary/aromatic N) is 2. The fourth-order valence-electron chi connectivity index (χ4n) is 2.31. The van der Waals surface area contributed by atoms with E-state index in [2.05, 4.69) is 41.7 Å². The maximum absolute atomic E-state index is 4.34. The lowest BCUT2D eigenvalue weighted by molar-refractivity contribution is -0.882. The average Bonchev–Trinajstić information content (AvgIpc) is 2.73. The fourth-order valence-corrected chi connectivity index (χ4v) is 2.31. The van der Waals surface area contributed by atoms with Gasteiger partial charge >= 0.3 is 0 Å². The van der Waals surface area contributed by atoms with Gasteiger partial charge in [-0.2, -0.15) is 0 Å². The Kier molecular flexibility index (Phi) is 5.28. The molecule has 0 saturated heterocycles. The zero-order valence-electron chi connectivity index (χ0n) is 10.2. The zero-order valence-corrected chi connectivity index (χ0v) is 11.7. The lowest BCUT2D eigenvalue weighted by Gasteiger charge is -2.19. The van der Waals surface area contributed by atoms with E-state index in [1.54, 1.807) is 0 Å². The molecule has 0 bridgehead atoms. The summed E-state index contributed by atoms with van der Waals surface area (Å²) in [5.41, 5.74) is 3.73. The van der Waals surface area contributed by atoms with Gasteiger partial charge in [0.1, 0.15) is 6.54 Å². The molecule has 18 heavy (non-hydrogen) atoms. The third-order valence-electron chi connectivity index (χ3n) is 3.22. The summed E-state index contributed by atoms with van der Waals surface area (Å²) in [4.78, 5) is 1.52. The van der Waals surface area contributed by atoms with Crippen molar-refractivity contribution in [1.29, 1.82) is 0 Å². The quantitative estimate of drug-likeness (QED) is 0.515. The number of benzene rings is 1. The van der Waals surface area contributed by atoms with Crippen LogP contribution in [0.15, 0.2) is 52.1 Å². The van der Waals surface area contributed by atoms with Crippen LogP contribution in [0.2, 0.25) is 0 Å². The predicted octanol–water partition coefficient (Wildman–Crippen LogP) is -6.28. The Morgan fingerprint density at radius 2 is 1.83 bits per heavy atom. The Hall–Kier alpha value is -0.940. The van der Waals surface area contributed by atoms with E-state index in [1.807, 2.05) is 6.07 Å². The summed E-state index contributed by atoms with van der Waals surface area (Å²) in [7, 11) is 2.21. The Balaban J connectivity index is 0.000000810. The highest BCUT2D eigenvalue weighted by Gasteiger charge is 2.34. The van der Waals surface area contributed by atoms with E-state index in [1.165, 1.54) is 28.5 Å². The minimum absolute atomic E-state index is 0. The monoisotopic (exact) mass is 286 g/mol. The van der Waals surface area contributed by atoms with Gasteiger partial charge in [-0.15, -0.1) is 5.01 Å². The van der Waals surface area contributed by atoms with Crippen molar-refractivity contribution >= 4 is 5.69 Å². The van der Waals surface area contributed by atoms with Crippen molar-refractivity contribution in [1.82, 2.24) is 0 Å². The van der Waals surface area contributed by atoms with Crippen LogP contribution in [0.5, 0.6) is 0 Å².